The summed E-state index contributed by atoms with van der Waals surface area (Å²) in [7, 11) is 0. The second-order valence-corrected chi connectivity index (χ2v) is 9.53. The van der Waals surface area contributed by atoms with Crippen LogP contribution < -0.4 is 5.32 Å². The Morgan fingerprint density at radius 3 is 2.23 bits per heavy atom. The molecular weight excluding hydrogens is 442 g/mol. The zero-order valence-electron chi connectivity index (χ0n) is 20.5. The number of fused-ring (bicyclic) bond motifs is 1. The minimum Gasteiger partial charge on any atom is -0.352 e. The van der Waals surface area contributed by atoms with Crippen LogP contribution in [0.3, 0.4) is 0 Å². The van der Waals surface area contributed by atoms with E-state index in [1.807, 2.05) is 31.2 Å². The van der Waals surface area contributed by atoms with Gasteiger partial charge < -0.3 is 10.2 Å². The van der Waals surface area contributed by atoms with Crippen molar-refractivity contribution in [2.75, 3.05) is 6.54 Å². The molecule has 184 valence electrons. The van der Waals surface area contributed by atoms with Gasteiger partial charge in [0.1, 0.15) is 6.04 Å². The van der Waals surface area contributed by atoms with Crippen LogP contribution in [0, 0.1) is 6.92 Å². The van der Waals surface area contributed by atoms with Gasteiger partial charge in [0, 0.05) is 25.6 Å². The highest BCUT2D eigenvalue weighted by atomic mass is 16.2. The van der Waals surface area contributed by atoms with E-state index in [0.29, 0.717) is 24.1 Å². The summed E-state index contributed by atoms with van der Waals surface area (Å²) in [6.45, 7) is 4.25. The van der Waals surface area contributed by atoms with Gasteiger partial charge in [0.25, 0.3) is 11.8 Å². The third kappa shape index (κ3) is 5.45. The van der Waals surface area contributed by atoms with Gasteiger partial charge in [-0.2, -0.15) is 0 Å². The predicted octanol–water partition coefficient (Wildman–Crippen LogP) is 3.85. The number of hydrogen-bond acceptors (Lipinski definition) is 4. The van der Waals surface area contributed by atoms with E-state index in [9.17, 15) is 19.2 Å². The van der Waals surface area contributed by atoms with Crippen molar-refractivity contribution in [3.8, 4) is 0 Å². The zero-order chi connectivity index (χ0) is 24.9. The van der Waals surface area contributed by atoms with Gasteiger partial charge in [0.2, 0.25) is 11.8 Å². The first-order chi connectivity index (χ1) is 16.9. The van der Waals surface area contributed by atoms with Crippen LogP contribution in [0.5, 0.6) is 0 Å². The SMILES string of the molecule is Cc1ccccc1CN(C(=O)CCCN1C(=O)c2ccccc2C1=O)[C@H](C)C(=O)NC1CCCC1. The van der Waals surface area contributed by atoms with E-state index in [0.717, 1.165) is 36.8 Å². The first kappa shape index (κ1) is 24.6. The van der Waals surface area contributed by atoms with E-state index >= 15 is 0 Å². The molecular formula is C28H33N3O4. The topological polar surface area (TPSA) is 86.8 Å². The van der Waals surface area contributed by atoms with Crippen LogP contribution >= 0.6 is 0 Å². The molecule has 2 aromatic carbocycles. The van der Waals surface area contributed by atoms with Crippen molar-refractivity contribution in [3.05, 3.63) is 70.8 Å². The molecule has 0 spiro atoms. The molecule has 0 unspecified atom stereocenters. The number of carbonyl (C=O) groups is 4. The maximum absolute atomic E-state index is 13.4. The van der Waals surface area contributed by atoms with Gasteiger partial charge in [-0.05, 0) is 56.4 Å². The second kappa shape index (κ2) is 10.8. The monoisotopic (exact) mass is 475 g/mol. The van der Waals surface area contributed by atoms with Crippen LogP contribution in [-0.4, -0.2) is 52.1 Å². The summed E-state index contributed by atoms with van der Waals surface area (Å²) in [4.78, 5) is 54.4. The van der Waals surface area contributed by atoms with E-state index in [4.69, 9.17) is 0 Å². The molecule has 0 saturated heterocycles. The molecule has 35 heavy (non-hydrogen) atoms. The van der Waals surface area contributed by atoms with Gasteiger partial charge in [-0.25, -0.2) is 0 Å². The highest BCUT2D eigenvalue weighted by Gasteiger charge is 2.35. The molecule has 0 radical (unpaired) electrons. The molecule has 4 amide bonds. The summed E-state index contributed by atoms with van der Waals surface area (Å²) < 4.78 is 0. The van der Waals surface area contributed by atoms with Crippen molar-refractivity contribution in [3.63, 3.8) is 0 Å². The highest BCUT2D eigenvalue weighted by Crippen LogP contribution is 2.23. The van der Waals surface area contributed by atoms with Crippen molar-refractivity contribution >= 4 is 23.6 Å². The molecule has 1 atom stereocenters. The van der Waals surface area contributed by atoms with Crippen molar-refractivity contribution in [1.29, 1.82) is 0 Å². The molecule has 0 bridgehead atoms. The predicted molar refractivity (Wildman–Crippen MR) is 133 cm³/mol. The summed E-state index contributed by atoms with van der Waals surface area (Å²) in [5, 5.41) is 3.11. The zero-order valence-corrected chi connectivity index (χ0v) is 20.5. The number of nitrogens with one attached hydrogen (secondary N) is 1. The summed E-state index contributed by atoms with van der Waals surface area (Å²) >= 11 is 0. The Morgan fingerprint density at radius 2 is 1.60 bits per heavy atom. The van der Waals surface area contributed by atoms with E-state index in [1.54, 1.807) is 36.1 Å². The van der Waals surface area contributed by atoms with Crippen LogP contribution in [-0.2, 0) is 16.1 Å². The van der Waals surface area contributed by atoms with Gasteiger partial charge in [-0.3, -0.25) is 24.1 Å². The lowest BCUT2D eigenvalue weighted by atomic mass is 10.1. The number of rotatable bonds is 9. The highest BCUT2D eigenvalue weighted by molar-refractivity contribution is 6.21. The summed E-state index contributed by atoms with van der Waals surface area (Å²) in [6, 6.07) is 14.2. The fourth-order valence-corrected chi connectivity index (χ4v) is 4.92. The van der Waals surface area contributed by atoms with Crippen molar-refractivity contribution in [2.24, 2.45) is 0 Å². The van der Waals surface area contributed by atoms with Crippen molar-refractivity contribution in [1.82, 2.24) is 15.1 Å². The number of hydrogen-bond donors (Lipinski definition) is 1. The normalized spacial score (nSPS) is 16.3. The molecule has 2 aliphatic rings. The number of amides is 4. The minimum absolute atomic E-state index is 0.139. The Bertz CT molecular complexity index is 1090. The average Bonchev–Trinajstić information content (AvgIpc) is 3.45. The Kier molecular flexibility index (Phi) is 7.63. The molecule has 2 aromatic rings. The first-order valence-corrected chi connectivity index (χ1v) is 12.5. The Balaban J connectivity index is 1.42. The minimum atomic E-state index is -0.623. The third-order valence-electron chi connectivity index (χ3n) is 7.12. The Morgan fingerprint density at radius 1 is 1.00 bits per heavy atom. The summed E-state index contributed by atoms with van der Waals surface area (Å²) in [6.07, 6.45) is 4.66. The quantitative estimate of drug-likeness (QED) is 0.558. The standard InChI is InChI=1S/C28H33N3O4/c1-19-10-3-4-11-21(19)18-31(20(2)26(33)29-22-12-5-6-13-22)25(32)16-9-17-30-27(34)23-14-7-8-15-24(23)28(30)35/h3-4,7-8,10-11,14-15,20,22H,5-6,9,12-13,16-18H2,1-2H3,(H,29,33)/t20-/m1/s1. The molecule has 1 saturated carbocycles. The van der Waals surface area contributed by atoms with E-state index in [-0.39, 0.29) is 42.6 Å². The molecule has 7 heteroatoms. The summed E-state index contributed by atoms with van der Waals surface area (Å²) in [5.41, 5.74) is 2.85. The fourth-order valence-electron chi connectivity index (χ4n) is 4.92. The lowest BCUT2D eigenvalue weighted by Gasteiger charge is -2.30. The summed E-state index contributed by atoms with van der Waals surface area (Å²) in [5.74, 6) is -0.948. The maximum Gasteiger partial charge on any atom is 0.261 e. The molecule has 0 aromatic heterocycles. The largest absolute Gasteiger partial charge is 0.352 e. The lowest BCUT2D eigenvalue weighted by Crippen LogP contribution is -2.49. The van der Waals surface area contributed by atoms with Gasteiger partial charge >= 0.3 is 0 Å². The number of benzene rings is 2. The molecule has 1 aliphatic carbocycles. The van der Waals surface area contributed by atoms with Crippen LogP contribution in [0.25, 0.3) is 0 Å². The first-order valence-electron chi connectivity index (χ1n) is 12.5. The van der Waals surface area contributed by atoms with Crippen LogP contribution in [0.2, 0.25) is 0 Å². The number of imide groups is 1. The van der Waals surface area contributed by atoms with Gasteiger partial charge in [0.05, 0.1) is 11.1 Å². The third-order valence-corrected chi connectivity index (χ3v) is 7.12. The van der Waals surface area contributed by atoms with Crippen molar-refractivity contribution < 1.29 is 19.2 Å². The van der Waals surface area contributed by atoms with Crippen LogP contribution in [0.15, 0.2) is 48.5 Å². The van der Waals surface area contributed by atoms with Gasteiger partial charge in [-0.1, -0.05) is 49.2 Å². The Hall–Kier alpha value is -3.48. The van der Waals surface area contributed by atoms with Crippen LogP contribution in [0.1, 0.15) is 77.3 Å². The molecule has 7 nitrogen and oxygen atoms in total. The molecule has 1 N–H and O–H groups in total. The number of nitrogens with zero attached hydrogens (tertiary/aromatic N) is 2. The van der Waals surface area contributed by atoms with Gasteiger partial charge in [0.15, 0.2) is 0 Å². The fraction of sp³-hybridized carbons (Fsp3) is 0.429. The van der Waals surface area contributed by atoms with Crippen molar-refractivity contribution in [2.45, 2.75) is 71.0 Å². The maximum atomic E-state index is 13.4. The lowest BCUT2D eigenvalue weighted by molar-refractivity contribution is -0.141. The Labute approximate surface area is 206 Å². The molecule has 1 heterocycles. The van der Waals surface area contributed by atoms with E-state index < -0.39 is 6.04 Å². The van der Waals surface area contributed by atoms with E-state index in [2.05, 4.69) is 5.32 Å². The van der Waals surface area contributed by atoms with Crippen LogP contribution in [0.4, 0.5) is 0 Å². The number of carbonyl (C=O) groups excluding carboxylic acids is 4. The van der Waals surface area contributed by atoms with E-state index in [1.165, 1.54) is 4.90 Å². The smallest absolute Gasteiger partial charge is 0.261 e. The van der Waals surface area contributed by atoms with Gasteiger partial charge in [-0.15, -0.1) is 0 Å². The molecule has 4 rings (SSSR count). The average molecular weight is 476 g/mol. The second-order valence-electron chi connectivity index (χ2n) is 9.53. The molecule has 1 aliphatic heterocycles. The number of aryl methyl sites for hydroxylation is 1. The molecule has 1 fully saturated rings.